The third-order valence-electron chi connectivity index (χ3n) is 3.95. The number of carboxylic acids is 2. The fourth-order valence-corrected chi connectivity index (χ4v) is 2.40. The number of carbonyl (C=O) groups is 3. The van der Waals surface area contributed by atoms with Gasteiger partial charge in [0.1, 0.15) is 5.75 Å². The molecular formula is C18H26N2O6. The third kappa shape index (κ3) is 8.59. The Bertz CT molecular complexity index is 573. The Kier molecular flexibility index (Phi) is 9.96. The first-order valence-corrected chi connectivity index (χ1v) is 8.48. The van der Waals surface area contributed by atoms with Crippen LogP contribution < -0.4 is 4.74 Å². The SMILES string of the molecule is CN1CCN(CCCCOc2ccccc2C=O)CC1.O=C(O)C(=O)O. The normalized spacial score (nSPS) is 14.8. The zero-order valence-electron chi connectivity index (χ0n) is 15.0. The molecule has 0 atom stereocenters. The van der Waals surface area contributed by atoms with Crippen LogP contribution >= 0.6 is 0 Å². The molecule has 1 heterocycles. The zero-order valence-corrected chi connectivity index (χ0v) is 15.0. The summed E-state index contributed by atoms with van der Waals surface area (Å²) in [5, 5.41) is 14.8. The number of hydrogen-bond acceptors (Lipinski definition) is 6. The topological polar surface area (TPSA) is 107 Å². The van der Waals surface area contributed by atoms with Crippen LogP contribution in [0.5, 0.6) is 5.75 Å². The number of unbranched alkanes of at least 4 members (excludes halogenated alkanes) is 1. The molecule has 0 unspecified atom stereocenters. The molecule has 1 saturated heterocycles. The van der Waals surface area contributed by atoms with Crippen molar-refractivity contribution in [3.05, 3.63) is 29.8 Å². The molecule has 8 heteroatoms. The van der Waals surface area contributed by atoms with Crippen molar-refractivity contribution in [1.29, 1.82) is 0 Å². The van der Waals surface area contributed by atoms with Gasteiger partial charge >= 0.3 is 11.9 Å². The summed E-state index contributed by atoms with van der Waals surface area (Å²) in [4.78, 5) is 33.9. The minimum absolute atomic E-state index is 0.631. The van der Waals surface area contributed by atoms with Crippen molar-refractivity contribution in [3.8, 4) is 5.75 Å². The molecule has 26 heavy (non-hydrogen) atoms. The lowest BCUT2D eigenvalue weighted by Crippen LogP contribution is -2.44. The maximum Gasteiger partial charge on any atom is 0.414 e. The standard InChI is InChI=1S/C16H24N2O2.C2H2O4/c1-17-9-11-18(12-10-17)8-4-5-13-20-16-7-3-2-6-15(16)14-19;3-1(4)2(5)6/h2-3,6-7,14H,4-5,8-13H2,1H3;(H,3,4)(H,5,6). The minimum Gasteiger partial charge on any atom is -0.493 e. The summed E-state index contributed by atoms with van der Waals surface area (Å²) in [5.74, 6) is -2.95. The van der Waals surface area contributed by atoms with Gasteiger partial charge in [-0.3, -0.25) is 4.79 Å². The number of carboxylic acid groups (broad SMARTS) is 2. The highest BCUT2D eigenvalue weighted by molar-refractivity contribution is 6.27. The number of hydrogen-bond donors (Lipinski definition) is 2. The van der Waals surface area contributed by atoms with Gasteiger partial charge in [0.25, 0.3) is 0 Å². The molecule has 0 saturated carbocycles. The van der Waals surface area contributed by atoms with Crippen LogP contribution in [-0.2, 0) is 9.59 Å². The predicted molar refractivity (Wildman–Crippen MR) is 95.8 cm³/mol. The lowest BCUT2D eigenvalue weighted by molar-refractivity contribution is -0.159. The zero-order chi connectivity index (χ0) is 19.4. The van der Waals surface area contributed by atoms with E-state index in [1.165, 1.54) is 26.2 Å². The average Bonchev–Trinajstić information content (AvgIpc) is 2.63. The lowest BCUT2D eigenvalue weighted by Gasteiger charge is -2.32. The molecule has 8 nitrogen and oxygen atoms in total. The van der Waals surface area contributed by atoms with Gasteiger partial charge in [-0.1, -0.05) is 12.1 Å². The Morgan fingerprint density at radius 2 is 1.69 bits per heavy atom. The second-order valence-electron chi connectivity index (χ2n) is 5.97. The van der Waals surface area contributed by atoms with Gasteiger partial charge in [0.15, 0.2) is 6.29 Å². The van der Waals surface area contributed by atoms with Crippen LogP contribution in [0.25, 0.3) is 0 Å². The van der Waals surface area contributed by atoms with E-state index >= 15 is 0 Å². The van der Waals surface area contributed by atoms with E-state index in [0.29, 0.717) is 17.9 Å². The monoisotopic (exact) mass is 366 g/mol. The summed E-state index contributed by atoms with van der Waals surface area (Å²) in [7, 11) is 2.18. The van der Waals surface area contributed by atoms with Crippen molar-refractivity contribution < 1.29 is 29.3 Å². The molecule has 1 aliphatic rings. The van der Waals surface area contributed by atoms with Crippen molar-refractivity contribution in [1.82, 2.24) is 9.80 Å². The maximum absolute atomic E-state index is 10.9. The molecule has 1 fully saturated rings. The lowest BCUT2D eigenvalue weighted by atomic mass is 10.2. The third-order valence-corrected chi connectivity index (χ3v) is 3.95. The Labute approximate surface area is 153 Å². The fourth-order valence-electron chi connectivity index (χ4n) is 2.40. The second-order valence-corrected chi connectivity index (χ2v) is 5.97. The van der Waals surface area contributed by atoms with Gasteiger partial charge in [0.2, 0.25) is 0 Å². The van der Waals surface area contributed by atoms with E-state index in [-0.39, 0.29) is 0 Å². The molecule has 0 aromatic heterocycles. The summed E-state index contributed by atoms with van der Waals surface area (Å²) in [6.07, 6.45) is 3.02. The number of aliphatic carboxylic acids is 2. The highest BCUT2D eigenvalue weighted by Gasteiger charge is 2.12. The number of benzene rings is 1. The molecular weight excluding hydrogens is 340 g/mol. The van der Waals surface area contributed by atoms with Crippen molar-refractivity contribution in [3.63, 3.8) is 0 Å². The van der Waals surface area contributed by atoms with Crippen LogP contribution in [0, 0.1) is 0 Å². The van der Waals surface area contributed by atoms with Gasteiger partial charge in [-0.2, -0.15) is 0 Å². The van der Waals surface area contributed by atoms with Crippen LogP contribution in [0.2, 0.25) is 0 Å². The Morgan fingerprint density at radius 3 is 2.27 bits per heavy atom. The number of nitrogens with zero attached hydrogens (tertiary/aromatic N) is 2. The van der Waals surface area contributed by atoms with Crippen LogP contribution in [0.3, 0.4) is 0 Å². The van der Waals surface area contributed by atoms with Gasteiger partial charge in [-0.05, 0) is 38.6 Å². The van der Waals surface area contributed by atoms with E-state index < -0.39 is 11.9 Å². The first-order chi connectivity index (χ1) is 12.4. The van der Waals surface area contributed by atoms with Crippen LogP contribution in [0.1, 0.15) is 23.2 Å². The average molecular weight is 366 g/mol. The van der Waals surface area contributed by atoms with Crippen molar-refractivity contribution >= 4 is 18.2 Å². The molecule has 144 valence electrons. The molecule has 1 aromatic carbocycles. The highest BCUT2D eigenvalue weighted by Crippen LogP contribution is 2.15. The summed E-state index contributed by atoms with van der Waals surface area (Å²) in [6, 6.07) is 7.38. The van der Waals surface area contributed by atoms with E-state index in [0.717, 1.165) is 25.7 Å². The van der Waals surface area contributed by atoms with E-state index in [4.69, 9.17) is 24.5 Å². The Morgan fingerprint density at radius 1 is 1.08 bits per heavy atom. The van der Waals surface area contributed by atoms with Gasteiger partial charge in [0, 0.05) is 26.2 Å². The molecule has 0 radical (unpaired) electrons. The molecule has 0 spiro atoms. The minimum atomic E-state index is -1.82. The van der Waals surface area contributed by atoms with Gasteiger partial charge in [-0.15, -0.1) is 0 Å². The largest absolute Gasteiger partial charge is 0.493 e. The number of piperazine rings is 1. The van der Waals surface area contributed by atoms with Crippen LogP contribution in [-0.4, -0.2) is 84.6 Å². The van der Waals surface area contributed by atoms with E-state index in [2.05, 4.69) is 16.8 Å². The number of aldehydes is 1. The number of rotatable bonds is 7. The van der Waals surface area contributed by atoms with Gasteiger partial charge in [0.05, 0.1) is 12.2 Å². The number of para-hydroxylation sites is 1. The molecule has 2 rings (SSSR count). The first kappa shape index (κ1) is 21.6. The Hall–Kier alpha value is -2.45. The highest BCUT2D eigenvalue weighted by atomic mass is 16.5. The summed E-state index contributed by atoms with van der Waals surface area (Å²) in [5.41, 5.74) is 0.631. The summed E-state index contributed by atoms with van der Waals surface area (Å²) >= 11 is 0. The predicted octanol–water partition coefficient (Wildman–Crippen LogP) is 1.06. The van der Waals surface area contributed by atoms with E-state index in [1.807, 2.05) is 18.2 Å². The molecule has 1 aliphatic heterocycles. The molecule has 2 N–H and O–H groups in total. The smallest absolute Gasteiger partial charge is 0.414 e. The van der Waals surface area contributed by atoms with Crippen molar-refractivity contribution in [2.24, 2.45) is 0 Å². The number of likely N-dealkylation sites (N-methyl/N-ethyl adjacent to an activating group) is 1. The second kappa shape index (κ2) is 12.0. The maximum atomic E-state index is 10.9. The molecule has 0 aliphatic carbocycles. The quantitative estimate of drug-likeness (QED) is 0.419. The Balaban J connectivity index is 0.000000487. The summed E-state index contributed by atoms with van der Waals surface area (Å²) in [6.45, 7) is 6.51. The molecule has 0 bridgehead atoms. The van der Waals surface area contributed by atoms with Gasteiger partial charge in [-0.25, -0.2) is 9.59 Å². The number of ether oxygens (including phenoxy) is 1. The van der Waals surface area contributed by atoms with Crippen molar-refractivity contribution in [2.45, 2.75) is 12.8 Å². The van der Waals surface area contributed by atoms with Crippen LogP contribution in [0.4, 0.5) is 0 Å². The van der Waals surface area contributed by atoms with Gasteiger partial charge < -0.3 is 24.7 Å². The van der Waals surface area contributed by atoms with E-state index in [9.17, 15) is 4.79 Å². The first-order valence-electron chi connectivity index (χ1n) is 8.48. The van der Waals surface area contributed by atoms with Crippen molar-refractivity contribution in [2.75, 3.05) is 46.4 Å². The van der Waals surface area contributed by atoms with E-state index in [1.54, 1.807) is 6.07 Å². The molecule has 1 aromatic rings. The fraction of sp³-hybridized carbons (Fsp3) is 0.500. The number of carbonyl (C=O) groups excluding carboxylic acids is 1. The molecule has 0 amide bonds. The summed E-state index contributed by atoms with van der Waals surface area (Å²) < 4.78 is 5.68. The van der Waals surface area contributed by atoms with Crippen LogP contribution in [0.15, 0.2) is 24.3 Å².